The average molecular weight is 568 g/mol. The van der Waals surface area contributed by atoms with Gasteiger partial charge in [0.25, 0.3) is 0 Å². The van der Waals surface area contributed by atoms with Gasteiger partial charge in [-0.2, -0.15) is 0 Å². The summed E-state index contributed by atoms with van der Waals surface area (Å²) in [6.45, 7) is 4.00. The van der Waals surface area contributed by atoms with Gasteiger partial charge in [0.05, 0.1) is 28.6 Å². The summed E-state index contributed by atoms with van der Waals surface area (Å²) in [7, 11) is 1.46. The van der Waals surface area contributed by atoms with E-state index in [1.54, 1.807) is 4.57 Å². The Hall–Kier alpha value is -4.15. The molecule has 10 heteroatoms. The largest absolute Gasteiger partial charge is 0.478 e. The quantitative estimate of drug-likeness (QED) is 0.151. The summed E-state index contributed by atoms with van der Waals surface area (Å²) in [4.78, 5) is 11.5. The Bertz CT molecular complexity index is 1620. The van der Waals surface area contributed by atoms with E-state index >= 15 is 8.78 Å². The van der Waals surface area contributed by atoms with Gasteiger partial charge in [-0.25, -0.2) is 18.0 Å². The van der Waals surface area contributed by atoms with Crippen LogP contribution in [0.25, 0.3) is 27.7 Å². The molecule has 1 aliphatic rings. The van der Waals surface area contributed by atoms with Crippen LogP contribution in [0.1, 0.15) is 61.1 Å². The molecule has 5 N–H and O–H groups in total. The lowest BCUT2D eigenvalue weighted by Crippen LogP contribution is -2.45. The second kappa shape index (κ2) is 11.8. The lowest BCUT2D eigenvalue weighted by atomic mass is 9.77. The molecule has 3 aromatic carbocycles. The molecule has 1 saturated carbocycles. The van der Waals surface area contributed by atoms with Crippen LogP contribution in [-0.4, -0.2) is 40.2 Å². The second-order valence-corrected chi connectivity index (χ2v) is 9.66. The van der Waals surface area contributed by atoms with Crippen molar-refractivity contribution in [2.24, 2.45) is 0 Å². The molecule has 0 amide bonds. The maximum Gasteiger partial charge on any atom is 0.338 e. The number of aliphatic hydroxyl groups is 1. The van der Waals surface area contributed by atoms with Crippen LogP contribution >= 0.6 is 0 Å². The molecule has 0 aliphatic heterocycles. The fourth-order valence-electron chi connectivity index (χ4n) is 5.66. The Morgan fingerprint density at radius 3 is 2.39 bits per heavy atom. The number of carbonyl (C=O) groups is 1. The highest BCUT2D eigenvalue weighted by Gasteiger charge is 2.46. The zero-order valence-electron chi connectivity index (χ0n) is 23.0. The number of aromatic carboxylic acids is 1. The van der Waals surface area contributed by atoms with E-state index in [1.165, 1.54) is 43.5 Å². The molecule has 2 atom stereocenters. The summed E-state index contributed by atoms with van der Waals surface area (Å²) in [5, 5.41) is 29.4. The predicted molar refractivity (Wildman–Crippen MR) is 152 cm³/mol. The molecule has 1 aromatic heterocycles. The number of fused-ring (bicyclic) bond motifs is 1. The summed E-state index contributed by atoms with van der Waals surface area (Å²) < 4.78 is 52.3. The van der Waals surface area contributed by atoms with E-state index < -0.39 is 40.7 Å². The van der Waals surface area contributed by atoms with Crippen LogP contribution in [0.3, 0.4) is 0 Å². The predicted octanol–water partition coefficient (Wildman–Crippen LogP) is 6.80. The number of carboxylic acid groups (broad SMARTS) is 1. The number of nitrogens with one attached hydrogen (secondary N) is 1. The van der Waals surface area contributed by atoms with E-state index in [1.807, 2.05) is 13.8 Å². The number of benzene rings is 3. The van der Waals surface area contributed by atoms with Crippen LogP contribution in [0.2, 0.25) is 0 Å². The first-order chi connectivity index (χ1) is 19.6. The molecule has 41 heavy (non-hydrogen) atoms. The monoisotopic (exact) mass is 567 g/mol. The molecule has 5 rings (SSSR count). The van der Waals surface area contributed by atoms with Gasteiger partial charge in [-0.3, -0.25) is 0 Å². The van der Waals surface area contributed by atoms with Gasteiger partial charge in [-0.1, -0.05) is 26.3 Å². The average Bonchev–Trinajstić information content (AvgIpc) is 3.32. The normalized spacial score (nSPS) is 18.6. The van der Waals surface area contributed by atoms with Crippen LogP contribution < -0.4 is 5.73 Å². The summed E-state index contributed by atoms with van der Waals surface area (Å²) in [6.07, 6.45) is 2.27. The van der Waals surface area contributed by atoms with Crippen molar-refractivity contribution in [1.29, 1.82) is 5.41 Å². The Kier molecular flexibility index (Phi) is 8.55. The first-order valence-corrected chi connectivity index (χ1v) is 13.3. The van der Waals surface area contributed by atoms with Crippen molar-refractivity contribution in [1.82, 2.24) is 4.57 Å². The van der Waals surface area contributed by atoms with Crippen molar-refractivity contribution < 1.29 is 32.9 Å². The van der Waals surface area contributed by atoms with E-state index in [4.69, 9.17) is 15.9 Å². The Labute approximate surface area is 235 Å². The fraction of sp³-hybridized carbons (Fsp3) is 0.290. The van der Waals surface area contributed by atoms with Crippen molar-refractivity contribution in [3.8, 4) is 16.8 Å². The zero-order valence-corrected chi connectivity index (χ0v) is 23.0. The number of nitrogens with two attached hydrogens (primary N) is 1. The van der Waals surface area contributed by atoms with Crippen LogP contribution in [0.5, 0.6) is 0 Å². The molecule has 2 unspecified atom stereocenters. The first kappa shape index (κ1) is 29.8. The molecule has 1 fully saturated rings. The van der Waals surface area contributed by atoms with Gasteiger partial charge < -0.3 is 30.7 Å². The Balaban J connectivity index is 0.00000189. The first-order valence-electron chi connectivity index (χ1n) is 13.3. The Morgan fingerprint density at radius 2 is 1.80 bits per heavy atom. The third-order valence-corrected chi connectivity index (χ3v) is 7.50. The number of halogens is 3. The van der Waals surface area contributed by atoms with Crippen molar-refractivity contribution in [2.45, 2.75) is 51.2 Å². The molecule has 1 heterocycles. The smallest absolute Gasteiger partial charge is 0.338 e. The topological polar surface area (TPSA) is 122 Å². The van der Waals surface area contributed by atoms with Gasteiger partial charge >= 0.3 is 5.97 Å². The highest BCUT2D eigenvalue weighted by atomic mass is 19.1. The van der Waals surface area contributed by atoms with E-state index in [0.717, 1.165) is 24.8 Å². The van der Waals surface area contributed by atoms with Crippen molar-refractivity contribution in [3.63, 3.8) is 0 Å². The number of hydrogen-bond acceptors (Lipinski definition) is 5. The molecule has 7 nitrogen and oxygen atoms in total. The van der Waals surface area contributed by atoms with E-state index in [9.17, 15) is 19.4 Å². The number of nitrogens with zero attached hydrogens (tertiary/aromatic N) is 1. The second-order valence-electron chi connectivity index (χ2n) is 9.66. The minimum atomic E-state index is -1.70. The molecule has 4 aromatic rings. The van der Waals surface area contributed by atoms with Crippen molar-refractivity contribution >= 4 is 28.8 Å². The number of carboxylic acids is 1. The standard InChI is InChI=1S/C29H26F3N3O4.C2H6/c1-39-22-4-2-3-11-29(22,38)27-23(15-5-10-19(28(36)37)20(31)12-15)24-21(13-16(14-33)26(34)25(24)32)35(27)18-8-6-17(30)7-9-18;1-2/h5-10,12-14,22,33,38H,2-4,11,34H2,1H3,(H,36,37);1-2H3. The third-order valence-electron chi connectivity index (χ3n) is 7.50. The van der Waals surface area contributed by atoms with Crippen LogP contribution in [0.15, 0.2) is 48.5 Å². The minimum absolute atomic E-state index is 0.0613. The van der Waals surface area contributed by atoms with Gasteiger partial charge in [0.15, 0.2) is 5.82 Å². The summed E-state index contributed by atoms with van der Waals surface area (Å²) in [5.41, 5.74) is 4.48. The Morgan fingerprint density at radius 1 is 1.12 bits per heavy atom. The molecule has 216 valence electrons. The van der Waals surface area contributed by atoms with Gasteiger partial charge in [-0.05, 0) is 67.3 Å². The SMILES string of the molecule is CC.COC1CCCCC1(O)c1c(-c2ccc(C(=O)O)c(F)c2)c2c(F)c(N)c(C=N)cc2n1-c1ccc(F)cc1. The molecule has 0 spiro atoms. The number of rotatable bonds is 6. The van der Waals surface area contributed by atoms with Gasteiger partial charge in [0, 0.05) is 35.5 Å². The highest BCUT2D eigenvalue weighted by Crippen LogP contribution is 2.49. The molecule has 0 bridgehead atoms. The molecule has 1 aliphatic carbocycles. The summed E-state index contributed by atoms with van der Waals surface area (Å²) >= 11 is 0. The number of nitrogen functional groups attached to an aromatic ring is 1. The van der Waals surface area contributed by atoms with E-state index in [0.29, 0.717) is 18.5 Å². The number of methoxy groups -OCH3 is 1. The molecular formula is C31H32F3N3O4. The third kappa shape index (κ3) is 4.98. The van der Waals surface area contributed by atoms with Gasteiger partial charge in [-0.15, -0.1) is 0 Å². The summed E-state index contributed by atoms with van der Waals surface area (Å²) in [6, 6.07) is 10.2. The zero-order chi connectivity index (χ0) is 30.1. The minimum Gasteiger partial charge on any atom is -0.478 e. The molecule has 0 radical (unpaired) electrons. The van der Waals surface area contributed by atoms with Crippen molar-refractivity contribution in [3.05, 3.63) is 82.8 Å². The molecule has 0 saturated heterocycles. The fourth-order valence-corrected chi connectivity index (χ4v) is 5.66. The maximum atomic E-state index is 16.1. The van der Waals surface area contributed by atoms with Gasteiger partial charge in [0.2, 0.25) is 0 Å². The van der Waals surface area contributed by atoms with Gasteiger partial charge in [0.1, 0.15) is 17.2 Å². The lowest BCUT2D eigenvalue weighted by molar-refractivity contribution is -0.125. The number of ether oxygens (including phenoxy) is 1. The molecular weight excluding hydrogens is 535 g/mol. The highest BCUT2D eigenvalue weighted by molar-refractivity contribution is 6.05. The number of anilines is 1. The van der Waals surface area contributed by atoms with E-state index in [2.05, 4.69) is 0 Å². The van der Waals surface area contributed by atoms with Crippen LogP contribution in [0.4, 0.5) is 18.9 Å². The number of hydrogen-bond donors (Lipinski definition) is 4. The number of aromatic nitrogens is 1. The maximum absolute atomic E-state index is 16.1. The summed E-state index contributed by atoms with van der Waals surface area (Å²) in [5.74, 6) is -3.91. The van der Waals surface area contributed by atoms with E-state index in [-0.39, 0.29) is 45.4 Å². The van der Waals surface area contributed by atoms with Crippen molar-refractivity contribution in [2.75, 3.05) is 12.8 Å². The van der Waals surface area contributed by atoms with Crippen LogP contribution in [-0.2, 0) is 10.3 Å². The lowest BCUT2D eigenvalue weighted by Gasteiger charge is -2.40. The van der Waals surface area contributed by atoms with Crippen LogP contribution in [0, 0.1) is 22.9 Å².